The van der Waals surface area contributed by atoms with Crippen LogP contribution in [-0.4, -0.2) is 29.3 Å². The molecule has 3 rings (SSSR count). The third-order valence-corrected chi connectivity index (χ3v) is 4.05. The number of guanidine groups is 1. The smallest absolute Gasteiger partial charge is 0.191 e. The van der Waals surface area contributed by atoms with Crippen LogP contribution in [0.2, 0.25) is 0 Å². The molecule has 0 atom stereocenters. The van der Waals surface area contributed by atoms with E-state index < -0.39 is 0 Å². The Balaban J connectivity index is 0.00000243. The first-order valence-electron chi connectivity index (χ1n) is 8.27. The van der Waals surface area contributed by atoms with Gasteiger partial charge >= 0.3 is 0 Å². The molecule has 1 aromatic carbocycles. The van der Waals surface area contributed by atoms with Crippen molar-refractivity contribution >= 4 is 40.9 Å². The molecule has 26 heavy (non-hydrogen) atoms. The Morgan fingerprint density at radius 3 is 2.92 bits per heavy atom. The summed E-state index contributed by atoms with van der Waals surface area (Å²) in [6, 6.07) is 6.47. The van der Waals surface area contributed by atoms with Crippen LogP contribution in [0.5, 0.6) is 0 Å². The van der Waals surface area contributed by atoms with Gasteiger partial charge in [0.05, 0.1) is 6.54 Å². The minimum Gasteiger partial charge on any atom is -0.459 e. The van der Waals surface area contributed by atoms with Gasteiger partial charge in [0, 0.05) is 43.5 Å². The van der Waals surface area contributed by atoms with Gasteiger partial charge in [-0.2, -0.15) is 5.10 Å². The number of hydrogen-bond donors (Lipinski definition) is 2. The number of aliphatic imine (C=N–C) groups is 1. The molecule has 2 N–H and O–H groups in total. The zero-order valence-electron chi connectivity index (χ0n) is 14.8. The molecule has 2 heterocycles. The van der Waals surface area contributed by atoms with E-state index in [1.54, 1.807) is 19.3 Å². The number of fused-ring (bicyclic) bond motifs is 1. The molecule has 0 amide bonds. The minimum atomic E-state index is -0.259. The van der Waals surface area contributed by atoms with E-state index in [9.17, 15) is 4.39 Å². The second-order valence-corrected chi connectivity index (χ2v) is 5.77. The molecule has 6 nitrogen and oxygen atoms in total. The van der Waals surface area contributed by atoms with Crippen molar-refractivity contribution in [3.05, 3.63) is 53.8 Å². The van der Waals surface area contributed by atoms with Crippen LogP contribution in [0.15, 0.2) is 46.1 Å². The SMILES string of the molecule is CN=C(NCCCn1cccn1)NCc1oc2ccc(F)cc2c1C.I. The van der Waals surface area contributed by atoms with E-state index in [1.165, 1.54) is 12.1 Å². The molecular formula is C18H23FIN5O. The molecule has 0 unspecified atom stereocenters. The summed E-state index contributed by atoms with van der Waals surface area (Å²) in [4.78, 5) is 4.21. The summed E-state index contributed by atoms with van der Waals surface area (Å²) in [6.07, 6.45) is 4.65. The minimum absolute atomic E-state index is 0. The first kappa shape index (κ1) is 20.2. The van der Waals surface area contributed by atoms with Crippen molar-refractivity contribution in [1.29, 1.82) is 0 Å². The van der Waals surface area contributed by atoms with Crippen molar-refractivity contribution in [2.24, 2.45) is 4.99 Å². The van der Waals surface area contributed by atoms with Crippen LogP contribution < -0.4 is 10.6 Å². The number of nitrogens with zero attached hydrogens (tertiary/aromatic N) is 3. The Morgan fingerprint density at radius 2 is 2.19 bits per heavy atom. The normalized spacial score (nSPS) is 11.4. The predicted molar refractivity (Wildman–Crippen MR) is 111 cm³/mol. The lowest BCUT2D eigenvalue weighted by Gasteiger charge is -2.11. The average Bonchev–Trinajstić information content (AvgIpc) is 3.23. The number of benzene rings is 1. The molecule has 8 heteroatoms. The molecule has 0 bridgehead atoms. The molecule has 0 saturated carbocycles. The van der Waals surface area contributed by atoms with Crippen LogP contribution >= 0.6 is 24.0 Å². The third-order valence-electron chi connectivity index (χ3n) is 4.05. The summed E-state index contributed by atoms with van der Waals surface area (Å²) in [5.41, 5.74) is 1.63. The number of nitrogens with one attached hydrogen (secondary N) is 2. The van der Waals surface area contributed by atoms with E-state index in [4.69, 9.17) is 4.42 Å². The lowest BCUT2D eigenvalue weighted by Crippen LogP contribution is -2.37. The second kappa shape index (κ2) is 9.56. The van der Waals surface area contributed by atoms with Gasteiger partial charge in [0.2, 0.25) is 0 Å². The standard InChI is InChI=1S/C18H22FN5O.HI/c1-13-15-11-14(19)5-6-16(15)25-17(13)12-22-18(20-2)21-7-3-9-24-10-4-8-23-24;/h4-6,8,10-11H,3,7,9,12H2,1-2H3,(H2,20,21,22);1H. The zero-order chi connectivity index (χ0) is 17.6. The Morgan fingerprint density at radius 1 is 1.35 bits per heavy atom. The van der Waals surface area contributed by atoms with Gasteiger partial charge in [0.25, 0.3) is 0 Å². The van der Waals surface area contributed by atoms with Crippen LogP contribution in [0.3, 0.4) is 0 Å². The summed E-state index contributed by atoms with van der Waals surface area (Å²) in [6.45, 7) is 4.05. The first-order chi connectivity index (χ1) is 12.2. The quantitative estimate of drug-likeness (QED) is 0.250. The van der Waals surface area contributed by atoms with Crippen molar-refractivity contribution in [3.63, 3.8) is 0 Å². The summed E-state index contributed by atoms with van der Waals surface area (Å²) in [7, 11) is 1.73. The maximum absolute atomic E-state index is 13.4. The van der Waals surface area contributed by atoms with Gasteiger partial charge in [0.15, 0.2) is 5.96 Å². The highest BCUT2D eigenvalue weighted by Crippen LogP contribution is 2.25. The number of aromatic nitrogens is 2. The third kappa shape index (κ3) is 4.96. The van der Waals surface area contributed by atoms with Gasteiger partial charge in [-0.1, -0.05) is 0 Å². The highest BCUT2D eigenvalue weighted by Gasteiger charge is 2.11. The molecule has 0 aliphatic carbocycles. The Labute approximate surface area is 168 Å². The maximum Gasteiger partial charge on any atom is 0.191 e. The van der Waals surface area contributed by atoms with E-state index >= 15 is 0 Å². The fraction of sp³-hybridized carbons (Fsp3) is 0.333. The van der Waals surface area contributed by atoms with Gasteiger partial charge in [0.1, 0.15) is 17.2 Å². The first-order valence-corrected chi connectivity index (χ1v) is 8.27. The number of furan rings is 1. The van der Waals surface area contributed by atoms with Gasteiger partial charge < -0.3 is 15.1 Å². The Hall–Kier alpha value is -2.10. The summed E-state index contributed by atoms with van der Waals surface area (Å²) >= 11 is 0. The highest BCUT2D eigenvalue weighted by molar-refractivity contribution is 14.0. The van der Waals surface area contributed by atoms with Gasteiger partial charge in [-0.05, 0) is 37.6 Å². The van der Waals surface area contributed by atoms with Gasteiger partial charge in [-0.25, -0.2) is 4.39 Å². The van der Waals surface area contributed by atoms with E-state index in [2.05, 4.69) is 20.7 Å². The predicted octanol–water partition coefficient (Wildman–Crippen LogP) is 3.45. The Kier molecular flexibility index (Phi) is 7.43. The number of aryl methyl sites for hydroxylation is 2. The van der Waals surface area contributed by atoms with E-state index in [0.29, 0.717) is 18.1 Å². The van der Waals surface area contributed by atoms with Crippen LogP contribution in [0.1, 0.15) is 17.7 Å². The lowest BCUT2D eigenvalue weighted by atomic mass is 10.1. The summed E-state index contributed by atoms with van der Waals surface area (Å²) in [5.74, 6) is 1.22. The average molecular weight is 471 g/mol. The Bertz CT molecular complexity index is 860. The molecule has 0 aliphatic heterocycles. The topological polar surface area (TPSA) is 67.4 Å². The van der Waals surface area contributed by atoms with Crippen LogP contribution in [0.4, 0.5) is 4.39 Å². The molecule has 2 aromatic heterocycles. The summed E-state index contributed by atoms with van der Waals surface area (Å²) < 4.78 is 21.1. The van der Waals surface area contributed by atoms with Crippen molar-refractivity contribution in [1.82, 2.24) is 20.4 Å². The maximum atomic E-state index is 13.4. The fourth-order valence-electron chi connectivity index (χ4n) is 2.68. The summed E-state index contributed by atoms with van der Waals surface area (Å²) in [5, 5.41) is 11.5. The van der Waals surface area contributed by atoms with Crippen molar-refractivity contribution in [2.45, 2.75) is 26.4 Å². The largest absolute Gasteiger partial charge is 0.459 e. The molecule has 0 aliphatic rings. The molecule has 3 aromatic rings. The highest BCUT2D eigenvalue weighted by atomic mass is 127. The van der Waals surface area contributed by atoms with Crippen LogP contribution in [0, 0.1) is 12.7 Å². The van der Waals surface area contributed by atoms with Crippen LogP contribution in [-0.2, 0) is 13.1 Å². The molecule has 0 saturated heterocycles. The molecule has 0 fully saturated rings. The van der Waals surface area contributed by atoms with E-state index in [-0.39, 0.29) is 29.8 Å². The van der Waals surface area contributed by atoms with Crippen LogP contribution in [0.25, 0.3) is 11.0 Å². The monoisotopic (exact) mass is 471 g/mol. The van der Waals surface area contributed by atoms with Crippen molar-refractivity contribution in [2.75, 3.05) is 13.6 Å². The lowest BCUT2D eigenvalue weighted by molar-refractivity contribution is 0.532. The van der Waals surface area contributed by atoms with Crippen molar-refractivity contribution in [3.8, 4) is 0 Å². The second-order valence-electron chi connectivity index (χ2n) is 5.77. The molecule has 0 radical (unpaired) electrons. The fourth-order valence-corrected chi connectivity index (χ4v) is 2.68. The van der Waals surface area contributed by atoms with E-state index in [1.807, 2.05) is 23.9 Å². The number of halogens is 2. The number of rotatable bonds is 6. The van der Waals surface area contributed by atoms with E-state index in [0.717, 1.165) is 36.2 Å². The van der Waals surface area contributed by atoms with Gasteiger partial charge in [-0.15, -0.1) is 24.0 Å². The van der Waals surface area contributed by atoms with Crippen molar-refractivity contribution < 1.29 is 8.81 Å². The molecular weight excluding hydrogens is 448 g/mol. The molecule has 0 spiro atoms. The number of hydrogen-bond acceptors (Lipinski definition) is 3. The van der Waals surface area contributed by atoms with Gasteiger partial charge in [-0.3, -0.25) is 9.67 Å². The molecule has 140 valence electrons. The zero-order valence-corrected chi connectivity index (χ0v) is 17.2.